The molecule has 3 aromatic rings. The largest absolute Gasteiger partial charge is 0.462 e. The number of anilines is 1. The van der Waals surface area contributed by atoms with Crippen LogP contribution in [0.2, 0.25) is 0 Å². The molecule has 1 aromatic carbocycles. The van der Waals surface area contributed by atoms with Crippen LogP contribution in [-0.2, 0) is 17.9 Å². The first kappa shape index (κ1) is 18.5. The molecular weight excluding hydrogens is 356 g/mol. The van der Waals surface area contributed by atoms with Crippen LogP contribution in [0.4, 0.5) is 5.69 Å². The van der Waals surface area contributed by atoms with Gasteiger partial charge >= 0.3 is 0 Å². The molecule has 0 bridgehead atoms. The first-order chi connectivity index (χ1) is 13.7. The van der Waals surface area contributed by atoms with E-state index in [0.29, 0.717) is 12.3 Å². The highest BCUT2D eigenvalue weighted by Crippen LogP contribution is 2.24. The van der Waals surface area contributed by atoms with Crippen LogP contribution in [0.1, 0.15) is 24.4 Å². The fraction of sp³-hybridized carbons (Fsp3) is 0.333. The summed E-state index contributed by atoms with van der Waals surface area (Å²) in [7, 11) is 0. The van der Waals surface area contributed by atoms with Gasteiger partial charge in [-0.05, 0) is 56.3 Å². The lowest BCUT2D eigenvalue weighted by molar-refractivity contribution is -0.121. The number of aromatic amines is 1. The van der Waals surface area contributed by atoms with E-state index in [2.05, 4.69) is 20.4 Å². The van der Waals surface area contributed by atoms with Crippen LogP contribution >= 0.6 is 0 Å². The van der Waals surface area contributed by atoms with Crippen molar-refractivity contribution >= 4 is 11.6 Å². The van der Waals surface area contributed by atoms with Crippen LogP contribution in [0.3, 0.4) is 0 Å². The van der Waals surface area contributed by atoms with Crippen molar-refractivity contribution in [1.82, 2.24) is 15.1 Å². The third kappa shape index (κ3) is 4.32. The van der Waals surface area contributed by atoms with Crippen LogP contribution in [0.25, 0.3) is 11.3 Å². The first-order valence-corrected chi connectivity index (χ1v) is 9.53. The highest BCUT2D eigenvalue weighted by molar-refractivity contribution is 5.93. The van der Waals surface area contributed by atoms with Crippen molar-refractivity contribution in [3.63, 3.8) is 0 Å². The number of rotatable bonds is 6. The molecule has 1 fully saturated rings. The Hall–Kier alpha value is -2.90. The summed E-state index contributed by atoms with van der Waals surface area (Å²) in [5.74, 6) is 1.52. The molecule has 146 valence electrons. The van der Waals surface area contributed by atoms with Crippen LogP contribution in [0.15, 0.2) is 53.1 Å². The molecule has 1 aliphatic heterocycles. The highest BCUT2D eigenvalue weighted by Gasteiger charge is 2.25. The molecule has 28 heavy (non-hydrogen) atoms. The lowest BCUT2D eigenvalue weighted by Gasteiger charge is -2.30. The van der Waals surface area contributed by atoms with Crippen molar-refractivity contribution in [2.24, 2.45) is 5.92 Å². The van der Waals surface area contributed by atoms with E-state index < -0.39 is 0 Å². The monoisotopic (exact) mass is 380 g/mol. The van der Waals surface area contributed by atoms with Gasteiger partial charge in [-0.2, -0.15) is 5.10 Å². The number of nitrogens with one attached hydrogen (secondary N) is 2. The van der Waals surface area contributed by atoms with Gasteiger partial charge in [-0.25, -0.2) is 0 Å². The van der Waals surface area contributed by atoms with Gasteiger partial charge in [0.05, 0.1) is 12.2 Å². The molecular formula is C21H24N4O3. The third-order valence-corrected chi connectivity index (χ3v) is 5.15. The van der Waals surface area contributed by atoms with Crippen LogP contribution < -0.4 is 5.32 Å². The highest BCUT2D eigenvalue weighted by atomic mass is 16.4. The minimum atomic E-state index is -0.0795. The zero-order valence-electron chi connectivity index (χ0n) is 15.6. The number of H-pyrrole nitrogens is 1. The second-order valence-electron chi connectivity index (χ2n) is 7.12. The Morgan fingerprint density at radius 2 is 2.04 bits per heavy atom. The lowest BCUT2D eigenvalue weighted by Crippen LogP contribution is -2.37. The number of carbonyl (C=O) groups excluding carboxylic acids is 1. The van der Waals surface area contributed by atoms with Crippen molar-refractivity contribution in [1.29, 1.82) is 0 Å². The number of aliphatic hydroxyl groups is 1. The molecule has 7 nitrogen and oxygen atoms in total. The maximum atomic E-state index is 12.7. The Labute approximate surface area is 163 Å². The molecule has 1 aliphatic rings. The number of aromatic nitrogens is 2. The molecule has 2 aromatic heterocycles. The number of carbonyl (C=O) groups is 1. The van der Waals surface area contributed by atoms with Gasteiger partial charge in [0, 0.05) is 23.4 Å². The van der Waals surface area contributed by atoms with E-state index in [0.717, 1.165) is 48.6 Å². The summed E-state index contributed by atoms with van der Waals surface area (Å²) in [6, 6.07) is 13.4. The zero-order valence-corrected chi connectivity index (χ0v) is 15.6. The molecule has 0 radical (unpaired) electrons. The van der Waals surface area contributed by atoms with Gasteiger partial charge in [0.25, 0.3) is 0 Å². The van der Waals surface area contributed by atoms with Crippen LogP contribution in [0.5, 0.6) is 0 Å². The van der Waals surface area contributed by atoms with E-state index in [4.69, 9.17) is 9.52 Å². The maximum Gasteiger partial charge on any atom is 0.227 e. The molecule has 0 saturated carbocycles. The zero-order chi connectivity index (χ0) is 19.3. The van der Waals surface area contributed by atoms with E-state index in [-0.39, 0.29) is 18.4 Å². The number of hydrogen-bond donors (Lipinski definition) is 3. The van der Waals surface area contributed by atoms with Crippen LogP contribution in [0, 0.1) is 5.92 Å². The summed E-state index contributed by atoms with van der Waals surface area (Å²) in [6.07, 6.45) is 3.35. The molecule has 0 unspecified atom stereocenters. The van der Waals surface area contributed by atoms with Gasteiger partial charge in [0.2, 0.25) is 5.91 Å². The fourth-order valence-electron chi connectivity index (χ4n) is 3.59. The maximum absolute atomic E-state index is 12.7. The summed E-state index contributed by atoms with van der Waals surface area (Å²) in [6.45, 7) is 2.33. The van der Waals surface area contributed by atoms with E-state index in [1.165, 1.54) is 0 Å². The second kappa shape index (κ2) is 8.41. The smallest absolute Gasteiger partial charge is 0.227 e. The van der Waals surface area contributed by atoms with Gasteiger partial charge < -0.3 is 14.8 Å². The normalized spacial score (nSPS) is 15.6. The quantitative estimate of drug-likeness (QED) is 0.611. The Balaban J connectivity index is 1.30. The fourth-order valence-corrected chi connectivity index (χ4v) is 3.59. The number of furan rings is 1. The summed E-state index contributed by atoms with van der Waals surface area (Å²) < 4.78 is 5.55. The molecule has 0 atom stereocenters. The number of piperidine rings is 1. The molecule has 7 heteroatoms. The van der Waals surface area contributed by atoms with E-state index >= 15 is 0 Å². The predicted molar refractivity (Wildman–Crippen MR) is 105 cm³/mol. The average Bonchev–Trinajstić information content (AvgIpc) is 3.41. The second-order valence-corrected chi connectivity index (χ2v) is 7.12. The number of hydrogen-bond acceptors (Lipinski definition) is 5. The summed E-state index contributed by atoms with van der Waals surface area (Å²) in [4.78, 5) is 15.0. The SMILES string of the molecule is O=C(Nc1cccc(-c2ccn[nH]2)c1)C1CCN(Cc2ccc(CO)o2)CC1. The van der Waals surface area contributed by atoms with Crippen molar-refractivity contribution in [3.8, 4) is 11.3 Å². The molecule has 1 amide bonds. The first-order valence-electron chi connectivity index (χ1n) is 9.53. The molecule has 4 rings (SSSR count). The Kier molecular flexibility index (Phi) is 5.55. The van der Waals surface area contributed by atoms with Crippen molar-refractivity contribution in [3.05, 3.63) is 60.2 Å². The molecule has 0 aliphatic carbocycles. The van der Waals surface area contributed by atoms with Crippen molar-refractivity contribution in [2.75, 3.05) is 18.4 Å². The molecule has 3 N–H and O–H groups in total. The summed E-state index contributed by atoms with van der Waals surface area (Å²) >= 11 is 0. The van der Waals surface area contributed by atoms with Gasteiger partial charge in [-0.1, -0.05) is 12.1 Å². The Morgan fingerprint density at radius 1 is 1.21 bits per heavy atom. The number of benzene rings is 1. The van der Waals surface area contributed by atoms with E-state index in [9.17, 15) is 4.79 Å². The molecule has 0 spiro atoms. The van der Waals surface area contributed by atoms with E-state index in [1.807, 2.05) is 36.4 Å². The minimum absolute atomic E-state index is 0.0108. The number of likely N-dealkylation sites (tertiary alicyclic amines) is 1. The van der Waals surface area contributed by atoms with Gasteiger partial charge in [0.1, 0.15) is 18.1 Å². The molecule has 3 heterocycles. The standard InChI is InChI=1S/C21H24N4O3/c26-14-19-5-4-18(28-19)13-25-10-7-15(8-11-25)21(27)23-17-3-1-2-16(12-17)20-6-9-22-24-20/h1-6,9,12,15,26H,7-8,10-11,13-14H2,(H,22,24)(H,23,27). The minimum Gasteiger partial charge on any atom is -0.462 e. The Morgan fingerprint density at radius 3 is 2.75 bits per heavy atom. The number of amides is 1. The topological polar surface area (TPSA) is 94.4 Å². The van der Waals surface area contributed by atoms with Gasteiger partial charge in [0.15, 0.2) is 0 Å². The van der Waals surface area contributed by atoms with Crippen molar-refractivity contribution in [2.45, 2.75) is 26.0 Å². The van der Waals surface area contributed by atoms with E-state index in [1.54, 1.807) is 12.3 Å². The van der Waals surface area contributed by atoms with Gasteiger partial charge in [-0.15, -0.1) is 0 Å². The Bertz CT molecular complexity index is 911. The average molecular weight is 380 g/mol. The summed E-state index contributed by atoms with van der Waals surface area (Å²) in [5, 5.41) is 19.0. The van der Waals surface area contributed by atoms with Crippen molar-refractivity contribution < 1.29 is 14.3 Å². The third-order valence-electron chi connectivity index (χ3n) is 5.15. The molecule has 1 saturated heterocycles. The predicted octanol–water partition coefficient (Wildman–Crippen LogP) is 3.01. The lowest BCUT2D eigenvalue weighted by atomic mass is 9.95. The summed E-state index contributed by atoms with van der Waals surface area (Å²) in [5.41, 5.74) is 2.71. The number of aliphatic hydroxyl groups excluding tert-OH is 1. The van der Waals surface area contributed by atoms with Gasteiger partial charge in [-0.3, -0.25) is 14.8 Å². The van der Waals surface area contributed by atoms with Crippen LogP contribution in [-0.4, -0.2) is 39.2 Å². The number of nitrogens with zero attached hydrogens (tertiary/aromatic N) is 2.